The highest BCUT2D eigenvalue weighted by Crippen LogP contribution is 2.33. The molecule has 1 amide bonds. The molecule has 22 heavy (non-hydrogen) atoms. The van der Waals surface area contributed by atoms with E-state index in [-0.39, 0.29) is 11.9 Å². The first-order valence-electron chi connectivity index (χ1n) is 7.11. The number of amides is 1. The third kappa shape index (κ3) is 2.73. The van der Waals surface area contributed by atoms with E-state index in [0.29, 0.717) is 5.69 Å². The molecule has 1 aliphatic rings. The Morgan fingerprint density at radius 3 is 3.00 bits per heavy atom. The van der Waals surface area contributed by atoms with Crippen LogP contribution in [0.5, 0.6) is 5.75 Å². The van der Waals surface area contributed by atoms with E-state index in [0.717, 1.165) is 23.1 Å². The van der Waals surface area contributed by atoms with Gasteiger partial charge in [-0.25, -0.2) is 4.98 Å². The minimum Gasteiger partial charge on any atom is -0.497 e. The topological polar surface area (TPSA) is 42.4 Å². The van der Waals surface area contributed by atoms with Crippen molar-refractivity contribution in [1.82, 2.24) is 9.88 Å². The molecule has 1 atom stereocenters. The number of carbonyl (C=O) groups is 1. The summed E-state index contributed by atoms with van der Waals surface area (Å²) in [5.74, 6) is 0.843. The third-order valence-electron chi connectivity index (χ3n) is 4.03. The number of nitrogens with zero attached hydrogens (tertiary/aromatic N) is 2. The second-order valence-electron chi connectivity index (χ2n) is 5.19. The summed E-state index contributed by atoms with van der Waals surface area (Å²) in [4.78, 5) is 19.0. The van der Waals surface area contributed by atoms with Gasteiger partial charge in [-0.1, -0.05) is 17.8 Å². The first-order valence-corrected chi connectivity index (χ1v) is 9.21. The normalized spacial score (nSPS) is 17.2. The number of ether oxygens (including phenoxy) is 1. The fourth-order valence-corrected chi connectivity index (χ4v) is 4.03. The fraction of sp³-hybridized carbons (Fsp3) is 0.375. The highest BCUT2D eigenvalue weighted by Gasteiger charge is 2.29. The molecule has 3 rings (SSSR count). The van der Waals surface area contributed by atoms with Crippen molar-refractivity contribution < 1.29 is 9.53 Å². The van der Waals surface area contributed by atoms with Gasteiger partial charge in [-0.2, -0.15) is 0 Å². The number of methoxy groups -OCH3 is 1. The molecule has 2 heterocycles. The van der Waals surface area contributed by atoms with Gasteiger partial charge in [0.15, 0.2) is 0 Å². The van der Waals surface area contributed by atoms with Gasteiger partial charge in [0, 0.05) is 11.9 Å². The molecule has 1 aliphatic heterocycles. The number of hydrogen-bond acceptors (Lipinski definition) is 5. The van der Waals surface area contributed by atoms with Crippen LogP contribution < -0.4 is 4.74 Å². The maximum atomic E-state index is 12.7. The van der Waals surface area contributed by atoms with Crippen LogP contribution in [-0.4, -0.2) is 35.7 Å². The molecule has 4 nitrogen and oxygen atoms in total. The average molecular weight is 334 g/mol. The Morgan fingerprint density at radius 1 is 1.50 bits per heavy atom. The lowest BCUT2D eigenvalue weighted by molar-refractivity contribution is 0.0671. The number of thiazole rings is 1. The third-order valence-corrected chi connectivity index (χ3v) is 5.89. The predicted molar refractivity (Wildman–Crippen MR) is 90.0 cm³/mol. The van der Waals surface area contributed by atoms with Crippen molar-refractivity contribution in [3.05, 3.63) is 40.4 Å². The van der Waals surface area contributed by atoms with Gasteiger partial charge in [0.1, 0.15) is 15.8 Å². The van der Waals surface area contributed by atoms with Crippen LogP contribution in [0.4, 0.5) is 0 Å². The molecule has 116 valence electrons. The second-order valence-corrected chi connectivity index (χ2v) is 7.10. The zero-order valence-corrected chi connectivity index (χ0v) is 14.5. The molecular weight excluding hydrogens is 316 g/mol. The average Bonchev–Trinajstić information content (AvgIpc) is 3.03. The molecule has 1 aromatic heterocycles. The zero-order valence-electron chi connectivity index (χ0n) is 12.8. The van der Waals surface area contributed by atoms with Crippen LogP contribution >= 0.6 is 23.1 Å². The maximum absolute atomic E-state index is 12.7. The van der Waals surface area contributed by atoms with Crippen LogP contribution in [0, 0.1) is 0 Å². The number of fused-ring (bicyclic) bond motifs is 1. The van der Waals surface area contributed by atoms with Gasteiger partial charge in [0.05, 0.1) is 13.2 Å². The zero-order chi connectivity index (χ0) is 15.7. The van der Waals surface area contributed by atoms with Gasteiger partial charge in [-0.15, -0.1) is 11.3 Å². The number of hydrogen-bond donors (Lipinski definition) is 0. The fourth-order valence-electron chi connectivity index (χ4n) is 2.79. The van der Waals surface area contributed by atoms with Gasteiger partial charge < -0.3 is 9.64 Å². The van der Waals surface area contributed by atoms with Gasteiger partial charge in [0.2, 0.25) is 0 Å². The number of rotatable bonds is 3. The Morgan fingerprint density at radius 2 is 2.32 bits per heavy atom. The van der Waals surface area contributed by atoms with E-state index in [4.69, 9.17) is 4.74 Å². The van der Waals surface area contributed by atoms with E-state index in [1.54, 1.807) is 18.9 Å². The van der Waals surface area contributed by atoms with Crippen LogP contribution in [0.25, 0.3) is 0 Å². The summed E-state index contributed by atoms with van der Waals surface area (Å²) >= 11 is 3.09. The Kier molecular flexibility index (Phi) is 4.40. The lowest BCUT2D eigenvalue weighted by Crippen LogP contribution is -2.39. The van der Waals surface area contributed by atoms with E-state index in [9.17, 15) is 4.79 Å². The Hall–Kier alpha value is -1.53. The molecule has 0 aliphatic carbocycles. The van der Waals surface area contributed by atoms with Gasteiger partial charge in [0.25, 0.3) is 5.91 Å². The Bertz CT molecular complexity index is 699. The lowest BCUT2D eigenvalue weighted by atomic mass is 9.93. The van der Waals surface area contributed by atoms with Crippen molar-refractivity contribution in [3.63, 3.8) is 0 Å². The highest BCUT2D eigenvalue weighted by atomic mass is 32.2. The van der Waals surface area contributed by atoms with Gasteiger partial charge >= 0.3 is 0 Å². The van der Waals surface area contributed by atoms with Crippen molar-refractivity contribution >= 4 is 29.0 Å². The van der Waals surface area contributed by atoms with Crippen molar-refractivity contribution in [2.75, 3.05) is 19.9 Å². The van der Waals surface area contributed by atoms with Crippen molar-refractivity contribution in [2.45, 2.75) is 23.7 Å². The molecule has 0 saturated carbocycles. The maximum Gasteiger partial charge on any atom is 0.273 e. The number of benzene rings is 1. The Labute approximate surface area is 138 Å². The summed E-state index contributed by atoms with van der Waals surface area (Å²) in [5.41, 5.74) is 3.01. The van der Waals surface area contributed by atoms with Gasteiger partial charge in [-0.05, 0) is 42.9 Å². The first kappa shape index (κ1) is 15.4. The lowest BCUT2D eigenvalue weighted by Gasteiger charge is -2.35. The molecule has 0 N–H and O–H groups in total. The number of carbonyl (C=O) groups excluding carboxylic acids is 1. The Balaban J connectivity index is 1.88. The van der Waals surface area contributed by atoms with E-state index < -0.39 is 0 Å². The summed E-state index contributed by atoms with van der Waals surface area (Å²) in [6, 6.07) is 6.15. The van der Waals surface area contributed by atoms with E-state index in [2.05, 4.69) is 18.0 Å². The van der Waals surface area contributed by atoms with E-state index >= 15 is 0 Å². The van der Waals surface area contributed by atoms with Crippen LogP contribution in [0.1, 0.15) is 34.6 Å². The quantitative estimate of drug-likeness (QED) is 0.804. The molecule has 0 unspecified atom stereocenters. The predicted octanol–water partition coefficient (Wildman–Crippen LogP) is 3.63. The minimum absolute atomic E-state index is 0.0116. The smallest absolute Gasteiger partial charge is 0.273 e. The minimum atomic E-state index is 0.0116. The molecular formula is C16H18N2O2S2. The number of aromatic nitrogens is 1. The molecule has 0 saturated heterocycles. The standard InChI is InChI=1S/C16H18N2O2S2/c1-10-13-8-12(20-2)5-4-11(13)6-7-18(10)15(19)14-9-22-16(17-14)21-3/h4-5,8-10H,6-7H2,1-3H3/t10-/m1/s1. The summed E-state index contributed by atoms with van der Waals surface area (Å²) in [6.45, 7) is 2.79. The molecule has 6 heteroatoms. The second kappa shape index (κ2) is 6.30. The van der Waals surface area contributed by atoms with Crippen molar-refractivity contribution in [1.29, 1.82) is 0 Å². The van der Waals surface area contributed by atoms with Crippen LogP contribution in [-0.2, 0) is 6.42 Å². The van der Waals surface area contributed by atoms with Crippen LogP contribution in [0.15, 0.2) is 27.9 Å². The summed E-state index contributed by atoms with van der Waals surface area (Å²) in [6.07, 6.45) is 2.84. The molecule has 1 aromatic carbocycles. The molecule has 0 radical (unpaired) electrons. The van der Waals surface area contributed by atoms with Crippen LogP contribution in [0.2, 0.25) is 0 Å². The highest BCUT2D eigenvalue weighted by molar-refractivity contribution is 8.00. The number of thioether (sulfide) groups is 1. The monoisotopic (exact) mass is 334 g/mol. The summed E-state index contributed by atoms with van der Waals surface area (Å²) in [5, 5.41) is 1.85. The SMILES string of the molecule is COc1ccc2c(c1)[C@@H](C)N(C(=O)c1csc(SC)n1)CC2. The van der Waals surface area contributed by atoms with Gasteiger partial charge in [-0.3, -0.25) is 4.79 Å². The van der Waals surface area contributed by atoms with Crippen molar-refractivity contribution in [3.8, 4) is 5.75 Å². The molecule has 0 bridgehead atoms. The first-order chi connectivity index (χ1) is 10.6. The summed E-state index contributed by atoms with van der Waals surface area (Å²) < 4.78 is 6.24. The summed E-state index contributed by atoms with van der Waals surface area (Å²) in [7, 11) is 1.66. The van der Waals surface area contributed by atoms with E-state index in [1.165, 1.54) is 22.5 Å². The molecule has 0 fully saturated rings. The molecule has 2 aromatic rings. The molecule has 0 spiro atoms. The largest absolute Gasteiger partial charge is 0.497 e. The van der Waals surface area contributed by atoms with Crippen LogP contribution in [0.3, 0.4) is 0 Å². The van der Waals surface area contributed by atoms with E-state index in [1.807, 2.05) is 28.7 Å². The van der Waals surface area contributed by atoms with Crippen molar-refractivity contribution in [2.24, 2.45) is 0 Å².